The Balaban J connectivity index is 2.24. The van der Waals surface area contributed by atoms with Crippen LogP contribution in [0.3, 0.4) is 0 Å². The maximum Gasteiger partial charge on any atom is 0.229 e. The van der Waals surface area contributed by atoms with Crippen LogP contribution in [0.1, 0.15) is 20.8 Å². The third-order valence-electron chi connectivity index (χ3n) is 2.34. The van der Waals surface area contributed by atoms with Gasteiger partial charge in [0.15, 0.2) is 0 Å². The van der Waals surface area contributed by atoms with Gasteiger partial charge in [-0.15, -0.1) is 0 Å². The van der Waals surface area contributed by atoms with Crippen molar-refractivity contribution >= 4 is 17.1 Å². The van der Waals surface area contributed by atoms with Crippen LogP contribution in [0.15, 0.2) is 30.6 Å². The summed E-state index contributed by atoms with van der Waals surface area (Å²) in [5.41, 5.74) is 1.38. The summed E-state index contributed by atoms with van der Waals surface area (Å²) in [5, 5.41) is 6.98. The Morgan fingerprint density at radius 1 is 1.38 bits per heavy atom. The first-order valence-electron chi connectivity index (χ1n) is 5.22. The molecule has 2 aromatic rings. The van der Waals surface area contributed by atoms with Crippen molar-refractivity contribution < 1.29 is 4.79 Å². The van der Waals surface area contributed by atoms with Gasteiger partial charge in [-0.2, -0.15) is 5.10 Å². The Kier molecular flexibility index (Phi) is 2.42. The normalized spacial score (nSPS) is 11.7. The summed E-state index contributed by atoms with van der Waals surface area (Å²) in [6, 6.07) is 5.63. The summed E-state index contributed by atoms with van der Waals surface area (Å²) in [6.07, 6.45) is 3.55. The molecular weight excluding hydrogens is 202 g/mol. The second-order valence-corrected chi connectivity index (χ2v) is 4.82. The lowest BCUT2D eigenvalue weighted by Crippen LogP contribution is -2.27. The number of nitrogens with zero attached hydrogens (tertiary/aromatic N) is 2. The average Bonchev–Trinajstić information content (AvgIpc) is 2.63. The first-order valence-corrected chi connectivity index (χ1v) is 5.22. The second-order valence-electron chi connectivity index (χ2n) is 4.82. The number of carbonyl (C=O) groups excluding carboxylic acids is 1. The van der Waals surface area contributed by atoms with Crippen LogP contribution in [-0.2, 0) is 4.79 Å². The van der Waals surface area contributed by atoms with Gasteiger partial charge < -0.3 is 5.32 Å². The molecule has 4 heteroatoms. The molecule has 0 aliphatic carbocycles. The molecular formula is C12H15N3O. The third-order valence-corrected chi connectivity index (χ3v) is 2.34. The molecule has 0 aliphatic heterocycles. The Morgan fingerprint density at radius 3 is 2.81 bits per heavy atom. The number of aromatic nitrogens is 2. The van der Waals surface area contributed by atoms with Crippen LogP contribution in [0.25, 0.3) is 5.52 Å². The first-order chi connectivity index (χ1) is 7.47. The van der Waals surface area contributed by atoms with Gasteiger partial charge in [0.05, 0.1) is 5.52 Å². The Morgan fingerprint density at radius 2 is 2.12 bits per heavy atom. The summed E-state index contributed by atoms with van der Waals surface area (Å²) < 4.78 is 1.76. The van der Waals surface area contributed by atoms with E-state index < -0.39 is 0 Å². The van der Waals surface area contributed by atoms with Crippen molar-refractivity contribution in [1.29, 1.82) is 0 Å². The van der Waals surface area contributed by atoms with Crippen LogP contribution >= 0.6 is 0 Å². The molecule has 0 aliphatic rings. The smallest absolute Gasteiger partial charge is 0.229 e. The second kappa shape index (κ2) is 3.63. The zero-order valence-electron chi connectivity index (χ0n) is 9.69. The van der Waals surface area contributed by atoms with E-state index in [9.17, 15) is 4.79 Å². The lowest BCUT2D eigenvalue weighted by Gasteiger charge is -2.17. The Hall–Kier alpha value is -1.84. The van der Waals surface area contributed by atoms with E-state index in [1.807, 2.05) is 45.2 Å². The molecule has 0 radical (unpaired) electrons. The molecule has 0 atom stereocenters. The minimum absolute atomic E-state index is 0.0105. The van der Waals surface area contributed by atoms with Gasteiger partial charge >= 0.3 is 0 Å². The van der Waals surface area contributed by atoms with E-state index in [2.05, 4.69) is 10.4 Å². The number of anilines is 1. The molecule has 0 aromatic carbocycles. The first kappa shape index (κ1) is 10.7. The number of hydrogen-bond acceptors (Lipinski definition) is 2. The average molecular weight is 217 g/mol. The van der Waals surface area contributed by atoms with Crippen molar-refractivity contribution in [3.05, 3.63) is 30.6 Å². The van der Waals surface area contributed by atoms with E-state index in [-0.39, 0.29) is 11.3 Å². The van der Waals surface area contributed by atoms with Crippen molar-refractivity contribution in [2.75, 3.05) is 5.32 Å². The monoisotopic (exact) mass is 217 g/mol. The van der Waals surface area contributed by atoms with Gasteiger partial charge in [-0.3, -0.25) is 4.79 Å². The molecule has 0 saturated carbocycles. The molecule has 0 fully saturated rings. The molecule has 0 spiro atoms. The minimum atomic E-state index is -0.383. The Labute approximate surface area is 94.3 Å². The molecule has 2 aromatic heterocycles. The standard InChI is InChI=1S/C12H15N3O/c1-12(2,3)11(16)14-9-5-7-15-10(8-9)4-6-13-15/h4-8H,1-3H3,(H,14,16). The summed E-state index contributed by atoms with van der Waals surface area (Å²) in [4.78, 5) is 11.8. The van der Waals surface area contributed by atoms with Gasteiger partial charge in [0.1, 0.15) is 0 Å². The SMILES string of the molecule is CC(C)(C)C(=O)Nc1ccn2nccc2c1. The topological polar surface area (TPSA) is 46.4 Å². The van der Waals surface area contributed by atoms with Crippen molar-refractivity contribution in [2.45, 2.75) is 20.8 Å². The molecule has 2 heterocycles. The fourth-order valence-electron chi connectivity index (χ4n) is 1.32. The van der Waals surface area contributed by atoms with E-state index in [0.29, 0.717) is 0 Å². The van der Waals surface area contributed by atoms with Gasteiger partial charge in [-0.25, -0.2) is 4.52 Å². The van der Waals surface area contributed by atoms with Crippen LogP contribution in [0.2, 0.25) is 0 Å². The van der Waals surface area contributed by atoms with Crippen LogP contribution in [0, 0.1) is 5.41 Å². The number of amides is 1. The van der Waals surface area contributed by atoms with Crippen molar-refractivity contribution in [1.82, 2.24) is 9.61 Å². The number of rotatable bonds is 1. The summed E-state index contributed by atoms with van der Waals surface area (Å²) >= 11 is 0. The fourth-order valence-corrected chi connectivity index (χ4v) is 1.32. The Bertz CT molecular complexity index is 522. The lowest BCUT2D eigenvalue weighted by molar-refractivity contribution is -0.123. The summed E-state index contributed by atoms with van der Waals surface area (Å²) in [7, 11) is 0. The molecule has 1 amide bonds. The van der Waals surface area contributed by atoms with Crippen LogP contribution in [0.5, 0.6) is 0 Å². The van der Waals surface area contributed by atoms with E-state index in [1.165, 1.54) is 0 Å². The molecule has 0 saturated heterocycles. The number of fused-ring (bicyclic) bond motifs is 1. The highest BCUT2D eigenvalue weighted by Gasteiger charge is 2.21. The molecule has 2 rings (SSSR count). The van der Waals surface area contributed by atoms with Crippen LogP contribution in [0.4, 0.5) is 5.69 Å². The molecule has 84 valence electrons. The van der Waals surface area contributed by atoms with Crippen molar-refractivity contribution in [3.63, 3.8) is 0 Å². The highest BCUT2D eigenvalue weighted by molar-refractivity contribution is 5.94. The van der Waals surface area contributed by atoms with E-state index in [4.69, 9.17) is 0 Å². The van der Waals surface area contributed by atoms with E-state index in [1.54, 1.807) is 10.7 Å². The quantitative estimate of drug-likeness (QED) is 0.796. The van der Waals surface area contributed by atoms with Crippen molar-refractivity contribution in [2.24, 2.45) is 5.41 Å². The lowest BCUT2D eigenvalue weighted by atomic mass is 9.95. The molecule has 16 heavy (non-hydrogen) atoms. The maximum absolute atomic E-state index is 11.8. The van der Waals surface area contributed by atoms with Gasteiger partial charge in [-0.05, 0) is 18.2 Å². The van der Waals surface area contributed by atoms with Crippen LogP contribution < -0.4 is 5.32 Å². The minimum Gasteiger partial charge on any atom is -0.326 e. The van der Waals surface area contributed by atoms with E-state index in [0.717, 1.165) is 11.2 Å². The van der Waals surface area contributed by atoms with Crippen molar-refractivity contribution in [3.8, 4) is 0 Å². The zero-order chi connectivity index (χ0) is 11.8. The molecule has 0 unspecified atom stereocenters. The summed E-state index contributed by atoms with van der Waals surface area (Å²) in [6.45, 7) is 5.67. The number of carbonyl (C=O) groups is 1. The maximum atomic E-state index is 11.8. The number of nitrogens with one attached hydrogen (secondary N) is 1. The highest BCUT2D eigenvalue weighted by atomic mass is 16.2. The van der Waals surface area contributed by atoms with E-state index >= 15 is 0 Å². The number of pyridine rings is 1. The fraction of sp³-hybridized carbons (Fsp3) is 0.333. The van der Waals surface area contributed by atoms with Gasteiger partial charge in [0.25, 0.3) is 0 Å². The predicted octanol–water partition coefficient (Wildman–Crippen LogP) is 2.32. The number of hydrogen-bond donors (Lipinski definition) is 1. The zero-order valence-corrected chi connectivity index (χ0v) is 9.69. The predicted molar refractivity (Wildman–Crippen MR) is 63.3 cm³/mol. The highest BCUT2D eigenvalue weighted by Crippen LogP contribution is 2.18. The largest absolute Gasteiger partial charge is 0.326 e. The summed E-state index contributed by atoms with van der Waals surface area (Å²) in [5.74, 6) is 0.0105. The molecule has 0 bridgehead atoms. The third kappa shape index (κ3) is 2.05. The molecule has 1 N–H and O–H groups in total. The van der Waals surface area contributed by atoms with Gasteiger partial charge in [0, 0.05) is 23.5 Å². The van der Waals surface area contributed by atoms with Gasteiger partial charge in [-0.1, -0.05) is 20.8 Å². The van der Waals surface area contributed by atoms with Crippen LogP contribution in [-0.4, -0.2) is 15.5 Å². The van der Waals surface area contributed by atoms with Gasteiger partial charge in [0.2, 0.25) is 5.91 Å². The molecule has 4 nitrogen and oxygen atoms in total.